The number of alkyl halides is 6. The molecule has 0 atom stereocenters. The molecule has 0 bridgehead atoms. The zero-order valence-electron chi connectivity index (χ0n) is 8.12. The molecule has 0 fully saturated rings. The fourth-order valence-electron chi connectivity index (χ4n) is 0. The molecule has 12 heteroatoms. The zero-order chi connectivity index (χ0) is 15.5. The van der Waals surface area contributed by atoms with Crippen molar-refractivity contribution in [3.63, 3.8) is 0 Å². The van der Waals surface area contributed by atoms with Crippen LogP contribution >= 0.6 is 69.6 Å². The van der Waals surface area contributed by atoms with E-state index in [4.69, 9.17) is 84.9 Å². The Balaban J connectivity index is -0.000000190. The van der Waals surface area contributed by atoms with E-state index in [2.05, 4.69) is 0 Å². The van der Waals surface area contributed by atoms with Gasteiger partial charge in [0.05, 0.1) is 0 Å². The highest BCUT2D eigenvalue weighted by Gasteiger charge is 2.29. The average Bonchev–Trinajstić information content (AvgIpc) is 2.17. The Morgan fingerprint density at radius 3 is 1.17 bits per heavy atom. The van der Waals surface area contributed by atoms with Crippen LogP contribution in [0, 0.1) is 0 Å². The van der Waals surface area contributed by atoms with Gasteiger partial charge in [-0.3, -0.25) is 4.79 Å². The minimum atomic E-state index is -2.17. The SMILES string of the molecule is O=C(O)C(Cl)(Cl)Cl.O=C(O)C(Cl)Cl.O=C(O)CCl. The van der Waals surface area contributed by atoms with Crippen molar-refractivity contribution in [1.29, 1.82) is 0 Å². The Kier molecular flexibility index (Phi) is 15.8. The largest absolute Gasteiger partial charge is 0.480 e. The molecule has 108 valence electrons. The molecule has 3 N–H and O–H groups in total. The zero-order valence-corrected chi connectivity index (χ0v) is 12.7. The highest BCUT2D eigenvalue weighted by Crippen LogP contribution is 2.25. The second-order valence-electron chi connectivity index (χ2n) is 1.97. The maximum Gasteiger partial charge on any atom is 0.356 e. The Labute approximate surface area is 131 Å². The topological polar surface area (TPSA) is 112 Å². The molecule has 0 amide bonds. The van der Waals surface area contributed by atoms with Crippen LogP contribution in [0.3, 0.4) is 0 Å². The predicted molar refractivity (Wildman–Crippen MR) is 69.4 cm³/mol. The number of carbonyl (C=O) groups is 3. The van der Waals surface area contributed by atoms with Gasteiger partial charge in [0.1, 0.15) is 5.88 Å². The van der Waals surface area contributed by atoms with Gasteiger partial charge in [-0.05, 0) is 0 Å². The monoisotopic (exact) mass is 384 g/mol. The molecule has 0 aliphatic rings. The number of hydrogen-bond acceptors (Lipinski definition) is 3. The third-order valence-electron chi connectivity index (χ3n) is 0.543. The summed E-state index contributed by atoms with van der Waals surface area (Å²) in [5.74, 6) is -3.96. The standard InChI is InChI=1S/C2HCl3O2.C2H2Cl2O2.C2H3ClO2/c3-2(4,5)1(6)7;3-1(4)2(5)6;3-1-2(4)5/h(H,6,7);1H,(H,5,6);1H2,(H,4,5). The van der Waals surface area contributed by atoms with Crippen molar-refractivity contribution in [2.45, 2.75) is 8.63 Å². The molecule has 0 heterocycles. The van der Waals surface area contributed by atoms with Gasteiger partial charge >= 0.3 is 17.9 Å². The smallest absolute Gasteiger partial charge is 0.356 e. The summed E-state index contributed by atoms with van der Waals surface area (Å²) >= 11 is 28.7. The summed E-state index contributed by atoms with van der Waals surface area (Å²) in [6, 6.07) is 0. The van der Waals surface area contributed by atoms with Crippen LogP contribution in [0.15, 0.2) is 0 Å². The van der Waals surface area contributed by atoms with Crippen molar-refractivity contribution in [3.05, 3.63) is 0 Å². The molecule has 0 aromatic heterocycles. The molecule has 0 aromatic rings. The first-order valence-corrected chi connectivity index (χ1v) is 5.99. The molecule has 0 saturated carbocycles. The molecule has 6 nitrogen and oxygen atoms in total. The van der Waals surface area contributed by atoms with Gasteiger partial charge in [-0.15, -0.1) is 11.6 Å². The van der Waals surface area contributed by atoms with E-state index in [0.717, 1.165) is 0 Å². The van der Waals surface area contributed by atoms with E-state index < -0.39 is 26.5 Å². The summed E-state index contributed by atoms with van der Waals surface area (Å²) in [6.45, 7) is 0. The van der Waals surface area contributed by atoms with Gasteiger partial charge in [0.2, 0.25) is 4.84 Å². The molecule has 0 spiro atoms. The van der Waals surface area contributed by atoms with Gasteiger partial charge < -0.3 is 15.3 Å². The molecule has 0 unspecified atom stereocenters. The number of aliphatic carboxylic acids is 3. The van der Waals surface area contributed by atoms with E-state index in [1.165, 1.54) is 0 Å². The van der Waals surface area contributed by atoms with E-state index in [9.17, 15) is 14.4 Å². The Hall–Kier alpha value is 0.150. The van der Waals surface area contributed by atoms with E-state index in [1.54, 1.807) is 0 Å². The lowest BCUT2D eigenvalue weighted by atomic mass is 10.8. The molecule has 0 radical (unpaired) electrons. The normalized spacial score (nSPS) is 9.50. The minimum Gasteiger partial charge on any atom is -0.480 e. The number of hydrogen-bond donors (Lipinski definition) is 3. The van der Waals surface area contributed by atoms with Crippen molar-refractivity contribution in [3.8, 4) is 0 Å². The molecule has 0 rings (SSSR count). The quantitative estimate of drug-likeness (QED) is 0.629. The average molecular weight is 387 g/mol. The summed E-state index contributed by atoms with van der Waals surface area (Å²) in [5.41, 5.74) is 0. The van der Waals surface area contributed by atoms with E-state index >= 15 is 0 Å². The third-order valence-corrected chi connectivity index (χ3v) is 1.63. The second kappa shape index (κ2) is 12.2. The van der Waals surface area contributed by atoms with Crippen LogP contribution in [0.2, 0.25) is 0 Å². The van der Waals surface area contributed by atoms with Gasteiger partial charge in [0.25, 0.3) is 3.79 Å². The van der Waals surface area contributed by atoms with Crippen LogP contribution in [0.25, 0.3) is 0 Å². The van der Waals surface area contributed by atoms with E-state index in [1.807, 2.05) is 0 Å². The summed E-state index contributed by atoms with van der Waals surface area (Å²) in [5, 5.41) is 23.2. The van der Waals surface area contributed by atoms with Crippen LogP contribution in [-0.2, 0) is 14.4 Å². The minimum absolute atomic E-state index is 0.306. The van der Waals surface area contributed by atoms with Crippen molar-refractivity contribution in [2.24, 2.45) is 0 Å². The molecule has 0 aromatic carbocycles. The number of carboxylic acid groups (broad SMARTS) is 3. The van der Waals surface area contributed by atoms with Gasteiger partial charge in [0.15, 0.2) is 0 Å². The maximum absolute atomic E-state index is 9.62. The van der Waals surface area contributed by atoms with Gasteiger partial charge in [-0.2, -0.15) is 0 Å². The lowest BCUT2D eigenvalue weighted by molar-refractivity contribution is -0.136. The number of rotatable bonds is 2. The van der Waals surface area contributed by atoms with Crippen molar-refractivity contribution < 1.29 is 29.7 Å². The van der Waals surface area contributed by atoms with Crippen LogP contribution in [0.1, 0.15) is 0 Å². The van der Waals surface area contributed by atoms with Crippen LogP contribution in [-0.4, -0.2) is 47.7 Å². The third kappa shape index (κ3) is 25.1. The predicted octanol–water partition coefficient (Wildman–Crippen LogP) is 2.63. The summed E-state index contributed by atoms with van der Waals surface area (Å²) in [6.07, 6.45) is 0. The molecule has 18 heavy (non-hydrogen) atoms. The highest BCUT2D eigenvalue weighted by molar-refractivity contribution is 6.75. The van der Waals surface area contributed by atoms with Crippen molar-refractivity contribution in [2.75, 3.05) is 5.88 Å². The maximum atomic E-state index is 9.62. The number of carboxylic acids is 3. The highest BCUT2D eigenvalue weighted by atomic mass is 35.6. The van der Waals surface area contributed by atoms with E-state index in [-0.39, 0.29) is 5.88 Å². The molecule has 0 saturated heterocycles. The summed E-state index contributed by atoms with van der Waals surface area (Å²) in [7, 11) is 0. The van der Waals surface area contributed by atoms with Crippen LogP contribution in [0.4, 0.5) is 0 Å². The lowest BCUT2D eigenvalue weighted by Crippen LogP contribution is -2.16. The van der Waals surface area contributed by atoms with Crippen molar-refractivity contribution >= 4 is 87.5 Å². The number of halogens is 6. The van der Waals surface area contributed by atoms with Gasteiger partial charge in [0, 0.05) is 0 Å². The molecule has 0 aliphatic carbocycles. The first-order chi connectivity index (χ1) is 7.86. The Morgan fingerprint density at radius 1 is 1.00 bits per heavy atom. The molecule has 0 aliphatic heterocycles. The second-order valence-corrected chi connectivity index (χ2v) is 5.61. The first-order valence-electron chi connectivity index (χ1n) is 3.45. The molecular weight excluding hydrogens is 381 g/mol. The first kappa shape index (κ1) is 23.3. The summed E-state index contributed by atoms with van der Waals surface area (Å²) < 4.78 is -2.17. The fraction of sp³-hybridized carbons (Fsp3) is 0.500. The fourth-order valence-corrected chi connectivity index (χ4v) is 0. The Morgan fingerprint density at radius 2 is 1.17 bits per heavy atom. The van der Waals surface area contributed by atoms with Gasteiger partial charge in [-0.25, -0.2) is 9.59 Å². The van der Waals surface area contributed by atoms with Crippen molar-refractivity contribution in [1.82, 2.24) is 0 Å². The van der Waals surface area contributed by atoms with Crippen LogP contribution < -0.4 is 0 Å². The van der Waals surface area contributed by atoms with Crippen LogP contribution in [0.5, 0.6) is 0 Å². The summed E-state index contributed by atoms with van der Waals surface area (Å²) in [4.78, 5) is 27.0. The van der Waals surface area contributed by atoms with E-state index in [0.29, 0.717) is 0 Å². The molecular formula is C6H6Cl6O6. The van der Waals surface area contributed by atoms with Gasteiger partial charge in [-0.1, -0.05) is 58.0 Å². The lowest BCUT2D eigenvalue weighted by Gasteiger charge is -1.99. The Bertz CT molecular complexity index is 274.